The zero-order chi connectivity index (χ0) is 13.6. The van der Waals surface area contributed by atoms with Gasteiger partial charge in [0.25, 0.3) is 0 Å². The summed E-state index contributed by atoms with van der Waals surface area (Å²) in [5.74, 6) is 1.80. The molecule has 3 nitrogen and oxygen atoms in total. The van der Waals surface area contributed by atoms with Gasteiger partial charge in [-0.25, -0.2) is 0 Å². The van der Waals surface area contributed by atoms with Crippen LogP contribution in [-0.2, 0) is 6.42 Å². The molecular formula is C17H28ClN3. The molecule has 0 amide bonds. The SMILES string of the molecule is Cl.c1cncc(CC2CCN(CC3CCNCC3)CC2)c1. The average Bonchev–Trinajstić information content (AvgIpc) is 2.51. The highest BCUT2D eigenvalue weighted by molar-refractivity contribution is 5.85. The van der Waals surface area contributed by atoms with Crippen LogP contribution in [0, 0.1) is 11.8 Å². The molecule has 4 heteroatoms. The van der Waals surface area contributed by atoms with Crippen molar-refractivity contribution in [1.29, 1.82) is 0 Å². The monoisotopic (exact) mass is 309 g/mol. The van der Waals surface area contributed by atoms with Gasteiger partial charge in [-0.05, 0) is 81.7 Å². The molecule has 3 rings (SSSR count). The van der Waals surface area contributed by atoms with Crippen LogP contribution in [-0.4, -0.2) is 42.6 Å². The van der Waals surface area contributed by atoms with Gasteiger partial charge in [-0.1, -0.05) is 6.07 Å². The van der Waals surface area contributed by atoms with E-state index in [1.807, 2.05) is 12.4 Å². The maximum absolute atomic E-state index is 4.23. The van der Waals surface area contributed by atoms with E-state index in [0.29, 0.717) is 0 Å². The topological polar surface area (TPSA) is 28.2 Å². The van der Waals surface area contributed by atoms with Crippen molar-refractivity contribution in [3.05, 3.63) is 30.1 Å². The summed E-state index contributed by atoms with van der Waals surface area (Å²) in [5.41, 5.74) is 1.41. The number of aromatic nitrogens is 1. The normalized spacial score (nSPS) is 21.9. The summed E-state index contributed by atoms with van der Waals surface area (Å²) in [6.07, 6.45) is 10.6. The number of piperidine rings is 2. The Labute approximate surface area is 134 Å². The third kappa shape index (κ3) is 5.24. The Balaban J connectivity index is 0.00000161. The molecule has 0 radical (unpaired) electrons. The van der Waals surface area contributed by atoms with Crippen molar-refractivity contribution in [3.63, 3.8) is 0 Å². The number of halogens is 1. The van der Waals surface area contributed by atoms with Crippen molar-refractivity contribution in [2.75, 3.05) is 32.7 Å². The van der Waals surface area contributed by atoms with Gasteiger partial charge in [0.05, 0.1) is 0 Å². The molecule has 1 aromatic heterocycles. The van der Waals surface area contributed by atoms with Gasteiger partial charge in [-0.15, -0.1) is 12.4 Å². The largest absolute Gasteiger partial charge is 0.317 e. The highest BCUT2D eigenvalue weighted by Crippen LogP contribution is 2.23. The van der Waals surface area contributed by atoms with Gasteiger partial charge in [0, 0.05) is 18.9 Å². The number of nitrogens with zero attached hydrogens (tertiary/aromatic N) is 2. The molecule has 1 aromatic rings. The third-order valence-corrected chi connectivity index (χ3v) is 4.93. The first-order valence-electron chi connectivity index (χ1n) is 8.22. The second-order valence-electron chi connectivity index (χ2n) is 6.50. The molecule has 0 saturated carbocycles. The molecule has 21 heavy (non-hydrogen) atoms. The molecular weight excluding hydrogens is 282 g/mol. The standard InChI is InChI=1S/C17H27N3.ClH/c1-2-17(13-19-7-1)12-15-5-10-20(11-6-15)14-16-3-8-18-9-4-16;/h1-2,7,13,15-16,18H,3-6,8-12,14H2;1H. The predicted molar refractivity (Wildman–Crippen MR) is 89.9 cm³/mol. The van der Waals surface area contributed by atoms with Gasteiger partial charge < -0.3 is 10.2 Å². The summed E-state index contributed by atoms with van der Waals surface area (Å²) < 4.78 is 0. The molecule has 0 bridgehead atoms. The number of nitrogens with one attached hydrogen (secondary N) is 1. The lowest BCUT2D eigenvalue weighted by molar-refractivity contribution is 0.148. The summed E-state index contributed by atoms with van der Waals surface area (Å²) in [4.78, 5) is 6.93. The molecule has 2 aliphatic rings. The summed E-state index contributed by atoms with van der Waals surface area (Å²) in [6, 6.07) is 4.27. The number of likely N-dealkylation sites (tertiary alicyclic amines) is 1. The highest BCUT2D eigenvalue weighted by atomic mass is 35.5. The van der Waals surface area contributed by atoms with Crippen molar-refractivity contribution in [3.8, 4) is 0 Å². The van der Waals surface area contributed by atoms with E-state index in [4.69, 9.17) is 0 Å². The first-order chi connectivity index (χ1) is 9.90. The van der Waals surface area contributed by atoms with Gasteiger partial charge in [0.1, 0.15) is 0 Å². The van der Waals surface area contributed by atoms with Crippen LogP contribution in [0.2, 0.25) is 0 Å². The van der Waals surface area contributed by atoms with Crippen LogP contribution < -0.4 is 5.32 Å². The molecule has 0 aliphatic carbocycles. The number of hydrogen-bond acceptors (Lipinski definition) is 3. The fraction of sp³-hybridized carbons (Fsp3) is 0.706. The van der Waals surface area contributed by atoms with Crippen LogP contribution >= 0.6 is 12.4 Å². The van der Waals surface area contributed by atoms with Gasteiger partial charge in [0.2, 0.25) is 0 Å². The van der Waals surface area contributed by atoms with Gasteiger partial charge in [0.15, 0.2) is 0 Å². The van der Waals surface area contributed by atoms with E-state index in [-0.39, 0.29) is 12.4 Å². The van der Waals surface area contributed by atoms with Crippen LogP contribution in [0.3, 0.4) is 0 Å². The van der Waals surface area contributed by atoms with E-state index < -0.39 is 0 Å². The maximum Gasteiger partial charge on any atom is 0.0299 e. The number of rotatable bonds is 4. The predicted octanol–water partition coefficient (Wildman–Crippen LogP) is 2.76. The fourth-order valence-electron chi connectivity index (χ4n) is 3.65. The van der Waals surface area contributed by atoms with Crippen molar-refractivity contribution >= 4 is 12.4 Å². The van der Waals surface area contributed by atoms with Crippen LogP contribution in [0.5, 0.6) is 0 Å². The Morgan fingerprint density at radius 1 is 1.10 bits per heavy atom. The van der Waals surface area contributed by atoms with Gasteiger partial charge in [-0.2, -0.15) is 0 Å². The molecule has 1 N–H and O–H groups in total. The van der Waals surface area contributed by atoms with E-state index in [1.165, 1.54) is 70.4 Å². The Hall–Kier alpha value is -0.640. The summed E-state index contributed by atoms with van der Waals surface area (Å²) in [7, 11) is 0. The minimum absolute atomic E-state index is 0. The summed E-state index contributed by atoms with van der Waals surface area (Å²) >= 11 is 0. The Morgan fingerprint density at radius 2 is 1.86 bits per heavy atom. The molecule has 0 aromatic carbocycles. The number of hydrogen-bond donors (Lipinski definition) is 1. The van der Waals surface area contributed by atoms with Crippen molar-refractivity contribution in [2.24, 2.45) is 11.8 Å². The fourth-order valence-corrected chi connectivity index (χ4v) is 3.65. The first-order valence-corrected chi connectivity index (χ1v) is 8.22. The van der Waals surface area contributed by atoms with E-state index in [1.54, 1.807) is 0 Å². The molecule has 0 spiro atoms. The lowest BCUT2D eigenvalue weighted by Crippen LogP contribution is -2.40. The molecule has 118 valence electrons. The Kier molecular flexibility index (Phi) is 6.94. The second kappa shape index (κ2) is 8.72. The molecule has 2 saturated heterocycles. The molecule has 3 heterocycles. The lowest BCUT2D eigenvalue weighted by atomic mass is 9.89. The van der Waals surface area contributed by atoms with E-state index in [0.717, 1.165) is 11.8 Å². The summed E-state index contributed by atoms with van der Waals surface area (Å²) in [6.45, 7) is 6.38. The smallest absolute Gasteiger partial charge is 0.0299 e. The molecule has 0 unspecified atom stereocenters. The third-order valence-electron chi connectivity index (χ3n) is 4.93. The van der Waals surface area contributed by atoms with Gasteiger partial charge in [-0.3, -0.25) is 4.98 Å². The summed E-state index contributed by atoms with van der Waals surface area (Å²) in [5, 5.41) is 3.46. The van der Waals surface area contributed by atoms with Crippen molar-refractivity contribution in [1.82, 2.24) is 15.2 Å². The zero-order valence-corrected chi connectivity index (χ0v) is 13.7. The lowest BCUT2D eigenvalue weighted by Gasteiger charge is -2.35. The van der Waals surface area contributed by atoms with Crippen molar-refractivity contribution in [2.45, 2.75) is 32.1 Å². The molecule has 2 aliphatic heterocycles. The van der Waals surface area contributed by atoms with E-state index in [2.05, 4.69) is 27.3 Å². The average molecular weight is 310 g/mol. The Bertz CT molecular complexity index is 384. The van der Waals surface area contributed by atoms with Crippen LogP contribution in [0.15, 0.2) is 24.5 Å². The van der Waals surface area contributed by atoms with Crippen LogP contribution in [0.4, 0.5) is 0 Å². The maximum atomic E-state index is 4.23. The second-order valence-corrected chi connectivity index (χ2v) is 6.50. The first kappa shape index (κ1) is 16.7. The van der Waals surface area contributed by atoms with E-state index >= 15 is 0 Å². The minimum atomic E-state index is 0. The minimum Gasteiger partial charge on any atom is -0.317 e. The zero-order valence-electron chi connectivity index (χ0n) is 12.8. The Morgan fingerprint density at radius 3 is 2.52 bits per heavy atom. The highest BCUT2D eigenvalue weighted by Gasteiger charge is 2.22. The van der Waals surface area contributed by atoms with Crippen molar-refractivity contribution < 1.29 is 0 Å². The molecule has 2 fully saturated rings. The van der Waals surface area contributed by atoms with Gasteiger partial charge >= 0.3 is 0 Å². The quantitative estimate of drug-likeness (QED) is 0.927. The van der Waals surface area contributed by atoms with E-state index in [9.17, 15) is 0 Å². The van der Waals surface area contributed by atoms with Crippen LogP contribution in [0.1, 0.15) is 31.2 Å². The van der Waals surface area contributed by atoms with Crippen LogP contribution in [0.25, 0.3) is 0 Å². The molecule has 0 atom stereocenters. The number of pyridine rings is 1.